The van der Waals surface area contributed by atoms with E-state index in [0.717, 1.165) is 16.8 Å². The number of alkyl halides is 3. The number of aliphatic hydroxyl groups is 1. The summed E-state index contributed by atoms with van der Waals surface area (Å²) in [5.74, 6) is -3.25. The van der Waals surface area contributed by atoms with Crippen molar-refractivity contribution in [3.8, 4) is 11.5 Å². The van der Waals surface area contributed by atoms with Crippen LogP contribution in [0.5, 0.6) is 0 Å². The van der Waals surface area contributed by atoms with Crippen LogP contribution in [0.1, 0.15) is 36.9 Å². The average Bonchev–Trinajstić information content (AvgIpc) is 3.39. The van der Waals surface area contributed by atoms with E-state index >= 15 is 4.39 Å². The molecule has 2 unspecified atom stereocenters. The van der Waals surface area contributed by atoms with Crippen LogP contribution in [0.15, 0.2) is 52.2 Å². The van der Waals surface area contributed by atoms with Gasteiger partial charge >= 0.3 is 6.18 Å². The molecule has 1 aromatic carbocycles. The summed E-state index contributed by atoms with van der Waals surface area (Å²) in [6.45, 7) is -0.957. The van der Waals surface area contributed by atoms with Gasteiger partial charge in [-0.05, 0) is 37.0 Å². The third kappa shape index (κ3) is 5.13. The quantitative estimate of drug-likeness (QED) is 0.441. The standard InChI is InChI=1S/C23H22F5N3O4S/c24-20-14(5-7-17(21(20)25)22-29-9-10-35-22)12-31(18-4-2-1-3-15(18)13-32)36(33,34)16-6-8-19(30-11-16)23(26,27)28/h5-11,15,18,32H,1-4,12-13H2. The summed E-state index contributed by atoms with van der Waals surface area (Å²) in [5, 5.41) is 9.87. The van der Waals surface area contributed by atoms with E-state index in [1.807, 2.05) is 0 Å². The second-order valence-corrected chi connectivity index (χ2v) is 10.3. The minimum Gasteiger partial charge on any atom is -0.444 e. The number of rotatable bonds is 7. The van der Waals surface area contributed by atoms with Gasteiger partial charge in [-0.2, -0.15) is 17.5 Å². The van der Waals surface area contributed by atoms with Crippen molar-refractivity contribution in [2.45, 2.75) is 49.3 Å². The molecule has 3 aromatic rings. The van der Waals surface area contributed by atoms with Crippen LogP contribution < -0.4 is 0 Å². The van der Waals surface area contributed by atoms with E-state index in [2.05, 4.69) is 9.97 Å². The van der Waals surface area contributed by atoms with E-state index < -0.39 is 56.9 Å². The first-order valence-electron chi connectivity index (χ1n) is 11.1. The summed E-state index contributed by atoms with van der Waals surface area (Å²) < 4.78 is 102. The van der Waals surface area contributed by atoms with Crippen molar-refractivity contribution in [3.05, 3.63) is 65.8 Å². The Hall–Kier alpha value is -2.90. The van der Waals surface area contributed by atoms with Crippen molar-refractivity contribution >= 4 is 10.0 Å². The molecule has 4 rings (SSSR count). The van der Waals surface area contributed by atoms with Gasteiger partial charge in [-0.25, -0.2) is 22.2 Å². The van der Waals surface area contributed by atoms with Crippen molar-refractivity contribution in [1.82, 2.24) is 14.3 Å². The molecule has 2 aromatic heterocycles. The molecule has 2 heterocycles. The number of oxazole rings is 1. The number of hydrogen-bond acceptors (Lipinski definition) is 6. The smallest absolute Gasteiger partial charge is 0.433 e. The van der Waals surface area contributed by atoms with Gasteiger partial charge < -0.3 is 9.52 Å². The Bertz CT molecular complexity index is 1300. The van der Waals surface area contributed by atoms with Gasteiger partial charge in [0.25, 0.3) is 0 Å². The highest BCUT2D eigenvalue weighted by molar-refractivity contribution is 7.89. The van der Waals surface area contributed by atoms with Crippen LogP contribution in [-0.2, 0) is 22.7 Å². The molecule has 36 heavy (non-hydrogen) atoms. The third-order valence-electron chi connectivity index (χ3n) is 6.26. The zero-order valence-corrected chi connectivity index (χ0v) is 19.6. The number of hydrogen-bond donors (Lipinski definition) is 1. The van der Waals surface area contributed by atoms with E-state index in [1.165, 1.54) is 24.6 Å². The average molecular weight is 532 g/mol. The number of aliphatic hydroxyl groups excluding tert-OH is 1. The monoisotopic (exact) mass is 531 g/mol. The Balaban J connectivity index is 1.75. The molecule has 0 spiro atoms. The van der Waals surface area contributed by atoms with Gasteiger partial charge in [-0.1, -0.05) is 18.9 Å². The van der Waals surface area contributed by atoms with E-state index in [-0.39, 0.29) is 23.6 Å². The molecule has 7 nitrogen and oxygen atoms in total. The minimum atomic E-state index is -4.77. The number of aromatic nitrogens is 2. The molecule has 1 aliphatic rings. The summed E-state index contributed by atoms with van der Waals surface area (Å²) >= 11 is 0. The van der Waals surface area contributed by atoms with E-state index in [4.69, 9.17) is 4.42 Å². The van der Waals surface area contributed by atoms with Gasteiger partial charge in [0.2, 0.25) is 15.9 Å². The molecule has 1 N–H and O–H groups in total. The molecule has 0 amide bonds. The molecule has 194 valence electrons. The predicted octanol–water partition coefficient (Wildman–Crippen LogP) is 4.78. The lowest BCUT2D eigenvalue weighted by Gasteiger charge is -2.38. The maximum atomic E-state index is 15.1. The van der Waals surface area contributed by atoms with Gasteiger partial charge in [0, 0.05) is 31.0 Å². The topological polar surface area (TPSA) is 96.5 Å². The van der Waals surface area contributed by atoms with Gasteiger partial charge in [0.05, 0.1) is 11.8 Å². The van der Waals surface area contributed by atoms with Crippen molar-refractivity contribution in [2.75, 3.05) is 6.61 Å². The first-order chi connectivity index (χ1) is 17.0. The molecule has 0 radical (unpaired) electrons. The number of halogens is 5. The lowest BCUT2D eigenvalue weighted by molar-refractivity contribution is -0.141. The van der Waals surface area contributed by atoms with Crippen LogP contribution in [0, 0.1) is 17.6 Å². The fourth-order valence-electron chi connectivity index (χ4n) is 4.40. The van der Waals surface area contributed by atoms with E-state index in [9.17, 15) is 31.1 Å². The number of nitrogens with zero attached hydrogens (tertiary/aromatic N) is 3. The second kappa shape index (κ2) is 10.2. The minimum absolute atomic E-state index is 0.161. The SMILES string of the molecule is O=S(=O)(c1ccc(C(F)(F)F)nc1)N(Cc1ccc(-c2ncco2)c(F)c1F)C1CCCCC1CO. The van der Waals surface area contributed by atoms with Crippen molar-refractivity contribution in [3.63, 3.8) is 0 Å². The summed E-state index contributed by atoms with van der Waals surface area (Å²) in [4.78, 5) is 6.48. The zero-order valence-electron chi connectivity index (χ0n) is 18.8. The fourth-order valence-corrected chi connectivity index (χ4v) is 6.04. The molecule has 0 saturated heterocycles. The number of benzene rings is 1. The molecule has 0 aliphatic heterocycles. The largest absolute Gasteiger partial charge is 0.444 e. The van der Waals surface area contributed by atoms with Crippen molar-refractivity contribution in [2.24, 2.45) is 5.92 Å². The first-order valence-corrected chi connectivity index (χ1v) is 12.5. The van der Waals surface area contributed by atoms with Crippen molar-refractivity contribution in [1.29, 1.82) is 0 Å². The lowest BCUT2D eigenvalue weighted by atomic mass is 9.85. The number of sulfonamides is 1. The Morgan fingerprint density at radius 3 is 2.42 bits per heavy atom. The highest BCUT2D eigenvalue weighted by Gasteiger charge is 2.39. The molecule has 0 bridgehead atoms. The van der Waals surface area contributed by atoms with E-state index in [0.29, 0.717) is 31.5 Å². The van der Waals surface area contributed by atoms with Gasteiger partial charge in [0.15, 0.2) is 11.6 Å². The maximum absolute atomic E-state index is 15.1. The Labute approximate surface area is 203 Å². The Morgan fingerprint density at radius 2 is 1.81 bits per heavy atom. The first kappa shape index (κ1) is 26.2. The van der Waals surface area contributed by atoms with E-state index in [1.54, 1.807) is 0 Å². The normalized spacial score (nSPS) is 19.1. The maximum Gasteiger partial charge on any atom is 0.433 e. The summed E-state index contributed by atoms with van der Waals surface area (Å²) in [5.41, 5.74) is -1.82. The van der Waals surface area contributed by atoms with Crippen LogP contribution in [0.2, 0.25) is 0 Å². The molecule has 13 heteroatoms. The molecule has 2 atom stereocenters. The van der Waals surface area contributed by atoms with Crippen LogP contribution in [0.3, 0.4) is 0 Å². The molecule has 1 aliphatic carbocycles. The Kier molecular flexibility index (Phi) is 7.43. The molecular weight excluding hydrogens is 509 g/mol. The highest BCUT2D eigenvalue weighted by Crippen LogP contribution is 2.35. The Morgan fingerprint density at radius 1 is 1.06 bits per heavy atom. The van der Waals surface area contributed by atoms with Crippen LogP contribution in [0.25, 0.3) is 11.5 Å². The summed E-state index contributed by atoms with van der Waals surface area (Å²) in [6.07, 6.45) is 0.457. The summed E-state index contributed by atoms with van der Waals surface area (Å²) in [7, 11) is -4.51. The van der Waals surface area contributed by atoms with Crippen LogP contribution in [0.4, 0.5) is 22.0 Å². The lowest BCUT2D eigenvalue weighted by Crippen LogP contribution is -2.46. The molecule has 1 saturated carbocycles. The van der Waals surface area contributed by atoms with Gasteiger partial charge in [-0.15, -0.1) is 0 Å². The molecular formula is C23H22F5N3O4S. The van der Waals surface area contributed by atoms with Gasteiger partial charge in [-0.3, -0.25) is 4.98 Å². The zero-order chi connectivity index (χ0) is 26.1. The highest BCUT2D eigenvalue weighted by atomic mass is 32.2. The number of pyridine rings is 1. The van der Waals surface area contributed by atoms with Crippen LogP contribution in [-0.4, -0.2) is 40.4 Å². The van der Waals surface area contributed by atoms with Crippen molar-refractivity contribution < 1.29 is 39.9 Å². The second-order valence-electron chi connectivity index (χ2n) is 8.46. The van der Waals surface area contributed by atoms with Gasteiger partial charge in [0.1, 0.15) is 16.9 Å². The predicted molar refractivity (Wildman–Crippen MR) is 117 cm³/mol. The fraction of sp³-hybridized carbons (Fsp3) is 0.391. The summed E-state index contributed by atoms with van der Waals surface area (Å²) in [6, 6.07) is 2.93. The molecule has 1 fully saturated rings. The third-order valence-corrected chi connectivity index (χ3v) is 8.11. The van der Waals surface area contributed by atoms with Crippen LogP contribution >= 0.6 is 0 Å².